The summed E-state index contributed by atoms with van der Waals surface area (Å²) in [6.07, 6.45) is 5.66. The third-order valence-corrected chi connectivity index (χ3v) is 5.61. The van der Waals surface area contributed by atoms with Crippen LogP contribution in [0.15, 0.2) is 97.2 Å². The standard InChI is InChI=1S/C27H26N2O/c1-2-3-19-26-28-25(21-30)20-29(26)27(22-13-7-4-8-14-22,23-15-9-5-10-16-23)24-17-11-6-12-18-24/h4-18,20-21H,2-3,19H2,1H3. The molecule has 0 N–H and O–H groups in total. The fourth-order valence-corrected chi connectivity index (χ4v) is 4.25. The first-order valence-corrected chi connectivity index (χ1v) is 10.5. The molecule has 0 radical (unpaired) electrons. The van der Waals surface area contributed by atoms with Gasteiger partial charge in [-0.3, -0.25) is 4.79 Å². The summed E-state index contributed by atoms with van der Waals surface area (Å²) < 4.78 is 2.21. The molecule has 4 aromatic rings. The van der Waals surface area contributed by atoms with Crippen molar-refractivity contribution in [2.24, 2.45) is 0 Å². The molecule has 0 aliphatic heterocycles. The topological polar surface area (TPSA) is 34.9 Å². The molecule has 4 rings (SSSR count). The molecule has 0 aliphatic carbocycles. The second kappa shape index (κ2) is 8.91. The lowest BCUT2D eigenvalue weighted by atomic mass is 9.76. The molecule has 0 unspecified atom stereocenters. The highest BCUT2D eigenvalue weighted by atomic mass is 16.1. The fourth-order valence-electron chi connectivity index (χ4n) is 4.25. The number of aryl methyl sites for hydroxylation is 1. The van der Waals surface area contributed by atoms with Crippen LogP contribution in [0.25, 0.3) is 0 Å². The summed E-state index contributed by atoms with van der Waals surface area (Å²) in [5.41, 5.74) is 3.24. The van der Waals surface area contributed by atoms with Gasteiger partial charge in [-0.1, -0.05) is 104 Å². The van der Waals surface area contributed by atoms with Crippen LogP contribution in [0.5, 0.6) is 0 Å². The summed E-state index contributed by atoms with van der Waals surface area (Å²) in [6.45, 7) is 2.17. The van der Waals surface area contributed by atoms with Crippen LogP contribution in [-0.2, 0) is 12.0 Å². The highest BCUT2D eigenvalue weighted by Gasteiger charge is 2.39. The van der Waals surface area contributed by atoms with E-state index in [4.69, 9.17) is 4.98 Å². The number of unbranched alkanes of at least 4 members (excludes halogenated alkanes) is 1. The molecule has 0 bridgehead atoms. The number of hydrogen-bond acceptors (Lipinski definition) is 2. The van der Waals surface area contributed by atoms with Crippen LogP contribution in [-0.4, -0.2) is 15.8 Å². The Morgan fingerprint density at radius 1 is 0.800 bits per heavy atom. The van der Waals surface area contributed by atoms with E-state index in [2.05, 4.69) is 84.3 Å². The summed E-state index contributed by atoms with van der Waals surface area (Å²) in [4.78, 5) is 16.4. The third-order valence-electron chi connectivity index (χ3n) is 5.61. The quantitative estimate of drug-likeness (QED) is 0.276. The summed E-state index contributed by atoms with van der Waals surface area (Å²) in [5, 5.41) is 0. The van der Waals surface area contributed by atoms with Crippen molar-refractivity contribution in [1.29, 1.82) is 0 Å². The number of hydrogen-bond donors (Lipinski definition) is 0. The van der Waals surface area contributed by atoms with E-state index in [0.29, 0.717) is 5.69 Å². The third kappa shape index (κ3) is 3.48. The molecular weight excluding hydrogens is 368 g/mol. The van der Waals surface area contributed by atoms with Crippen LogP contribution in [0.2, 0.25) is 0 Å². The van der Waals surface area contributed by atoms with Gasteiger partial charge in [0.2, 0.25) is 0 Å². The number of rotatable bonds is 8. The zero-order valence-electron chi connectivity index (χ0n) is 17.2. The zero-order chi connectivity index (χ0) is 20.8. The van der Waals surface area contributed by atoms with E-state index in [1.807, 2.05) is 24.4 Å². The van der Waals surface area contributed by atoms with Crippen molar-refractivity contribution in [2.75, 3.05) is 0 Å². The highest BCUT2D eigenvalue weighted by Crippen LogP contribution is 2.41. The summed E-state index contributed by atoms with van der Waals surface area (Å²) in [6, 6.07) is 31.5. The van der Waals surface area contributed by atoms with Crippen molar-refractivity contribution in [1.82, 2.24) is 9.55 Å². The van der Waals surface area contributed by atoms with Gasteiger partial charge in [-0.2, -0.15) is 0 Å². The van der Waals surface area contributed by atoms with E-state index in [1.165, 1.54) is 0 Å². The normalized spacial score (nSPS) is 11.4. The minimum Gasteiger partial charge on any atom is -0.316 e. The molecule has 0 aliphatic rings. The van der Waals surface area contributed by atoms with Crippen LogP contribution in [0, 0.1) is 0 Å². The van der Waals surface area contributed by atoms with Gasteiger partial charge in [0.25, 0.3) is 0 Å². The molecule has 3 aromatic carbocycles. The Morgan fingerprint density at radius 2 is 1.27 bits per heavy atom. The van der Waals surface area contributed by atoms with Crippen molar-refractivity contribution >= 4 is 6.29 Å². The van der Waals surface area contributed by atoms with Crippen molar-refractivity contribution in [3.05, 3.63) is 125 Å². The van der Waals surface area contributed by atoms with Crippen molar-refractivity contribution in [3.63, 3.8) is 0 Å². The molecule has 30 heavy (non-hydrogen) atoms. The summed E-state index contributed by atoms with van der Waals surface area (Å²) in [5.74, 6) is 0.926. The number of imidazole rings is 1. The lowest BCUT2D eigenvalue weighted by Gasteiger charge is -2.38. The Labute approximate surface area is 178 Å². The second-order valence-corrected chi connectivity index (χ2v) is 7.48. The zero-order valence-corrected chi connectivity index (χ0v) is 17.2. The molecule has 1 heterocycles. The molecule has 0 saturated heterocycles. The van der Waals surface area contributed by atoms with Gasteiger partial charge >= 0.3 is 0 Å². The smallest absolute Gasteiger partial charge is 0.170 e. The van der Waals surface area contributed by atoms with Gasteiger partial charge in [0.1, 0.15) is 17.1 Å². The van der Waals surface area contributed by atoms with E-state index < -0.39 is 5.54 Å². The Kier molecular flexibility index (Phi) is 5.89. The van der Waals surface area contributed by atoms with Gasteiger partial charge < -0.3 is 4.57 Å². The fraction of sp³-hybridized carbons (Fsp3) is 0.185. The van der Waals surface area contributed by atoms with Crippen molar-refractivity contribution < 1.29 is 4.79 Å². The maximum atomic E-state index is 11.7. The van der Waals surface area contributed by atoms with Crippen LogP contribution >= 0.6 is 0 Å². The number of carbonyl (C=O) groups excluding carboxylic acids is 1. The van der Waals surface area contributed by atoms with Crippen LogP contribution in [0.4, 0.5) is 0 Å². The highest BCUT2D eigenvalue weighted by molar-refractivity contribution is 5.71. The molecule has 0 fully saturated rings. The molecule has 150 valence electrons. The summed E-state index contributed by atoms with van der Waals surface area (Å²) in [7, 11) is 0. The predicted octanol–water partition coefficient (Wildman–Crippen LogP) is 5.88. The maximum Gasteiger partial charge on any atom is 0.170 e. The number of aromatic nitrogens is 2. The Hall–Kier alpha value is -3.46. The van der Waals surface area contributed by atoms with Crippen molar-refractivity contribution in [3.8, 4) is 0 Å². The Bertz CT molecular complexity index is 989. The molecule has 0 saturated carbocycles. The van der Waals surface area contributed by atoms with E-state index in [0.717, 1.165) is 48.1 Å². The van der Waals surface area contributed by atoms with E-state index in [1.54, 1.807) is 0 Å². The number of nitrogens with zero attached hydrogens (tertiary/aromatic N) is 2. The molecule has 3 nitrogen and oxygen atoms in total. The van der Waals surface area contributed by atoms with E-state index >= 15 is 0 Å². The monoisotopic (exact) mass is 394 g/mol. The molecule has 3 heteroatoms. The molecule has 0 spiro atoms. The van der Waals surface area contributed by atoms with Gasteiger partial charge in [0.05, 0.1) is 0 Å². The van der Waals surface area contributed by atoms with E-state index in [9.17, 15) is 4.79 Å². The first kappa shape index (κ1) is 19.8. The molecule has 0 atom stereocenters. The minimum atomic E-state index is -0.624. The van der Waals surface area contributed by atoms with Gasteiger partial charge in [0.15, 0.2) is 6.29 Å². The molecular formula is C27H26N2O. The average molecular weight is 395 g/mol. The van der Waals surface area contributed by atoms with Crippen LogP contribution in [0.3, 0.4) is 0 Å². The second-order valence-electron chi connectivity index (χ2n) is 7.48. The lowest BCUT2D eigenvalue weighted by molar-refractivity contribution is 0.111. The summed E-state index contributed by atoms with van der Waals surface area (Å²) >= 11 is 0. The SMILES string of the molecule is CCCCc1nc(C=O)cn1C(c1ccccc1)(c1ccccc1)c1ccccc1. The maximum absolute atomic E-state index is 11.7. The van der Waals surface area contributed by atoms with Crippen LogP contribution in [0.1, 0.15) is 52.8 Å². The molecule has 0 amide bonds. The van der Waals surface area contributed by atoms with Crippen molar-refractivity contribution in [2.45, 2.75) is 31.7 Å². The minimum absolute atomic E-state index is 0.466. The Balaban J connectivity index is 2.11. The van der Waals surface area contributed by atoms with Gasteiger partial charge in [-0.05, 0) is 23.1 Å². The number of carbonyl (C=O) groups is 1. The van der Waals surface area contributed by atoms with Gasteiger partial charge in [-0.15, -0.1) is 0 Å². The first-order valence-electron chi connectivity index (χ1n) is 10.5. The predicted molar refractivity (Wildman–Crippen MR) is 121 cm³/mol. The molecule has 1 aromatic heterocycles. The lowest BCUT2D eigenvalue weighted by Crippen LogP contribution is -2.38. The van der Waals surface area contributed by atoms with Crippen LogP contribution < -0.4 is 0 Å². The first-order chi connectivity index (χ1) is 14.8. The largest absolute Gasteiger partial charge is 0.316 e. The number of aldehydes is 1. The number of benzene rings is 3. The average Bonchev–Trinajstić information content (AvgIpc) is 3.24. The van der Waals surface area contributed by atoms with Gasteiger partial charge in [-0.25, -0.2) is 4.98 Å². The van der Waals surface area contributed by atoms with Gasteiger partial charge in [0, 0.05) is 12.6 Å². The Morgan fingerprint density at radius 3 is 1.67 bits per heavy atom. The van der Waals surface area contributed by atoms with E-state index in [-0.39, 0.29) is 0 Å².